The highest BCUT2D eigenvalue weighted by molar-refractivity contribution is 7.95. The molecular weight excluding hydrogens is 313 g/mol. The van der Waals surface area contributed by atoms with Crippen molar-refractivity contribution in [2.75, 3.05) is 4.72 Å². The van der Waals surface area contributed by atoms with E-state index in [-0.39, 0.29) is 16.2 Å². The van der Waals surface area contributed by atoms with Gasteiger partial charge >= 0.3 is 6.18 Å². The van der Waals surface area contributed by atoms with E-state index in [1.54, 1.807) is 0 Å². The lowest BCUT2D eigenvalue weighted by Gasteiger charge is -2.16. The maximum Gasteiger partial charge on any atom is 0.416 e. The summed E-state index contributed by atoms with van der Waals surface area (Å²) in [5.41, 5.74) is 4.14. The summed E-state index contributed by atoms with van der Waals surface area (Å²) in [6.07, 6.45) is -4.56. The minimum Gasteiger partial charge on any atom is -0.392 e. The summed E-state index contributed by atoms with van der Waals surface area (Å²) < 4.78 is 63.9. The lowest BCUT2D eigenvalue weighted by Crippen LogP contribution is -2.35. The largest absolute Gasteiger partial charge is 0.416 e. The smallest absolute Gasteiger partial charge is 0.392 e. The second kappa shape index (κ2) is 5.57. The molecule has 0 fully saturated rings. The fraction of sp³-hybridized carbons (Fsp3) is 0.364. The molecule has 1 rings (SSSR count). The van der Waals surface area contributed by atoms with Crippen LogP contribution < -0.4 is 10.5 Å². The highest BCUT2D eigenvalue weighted by Crippen LogP contribution is 2.33. The number of halogens is 3. The fourth-order valence-electron chi connectivity index (χ4n) is 1.40. The molecule has 0 aromatic heterocycles. The molecule has 4 nitrogen and oxygen atoms in total. The summed E-state index contributed by atoms with van der Waals surface area (Å²) in [6, 6.07) is 3.17. The van der Waals surface area contributed by atoms with Gasteiger partial charge < -0.3 is 5.73 Å². The van der Waals surface area contributed by atoms with E-state index >= 15 is 0 Å². The highest BCUT2D eigenvalue weighted by Gasteiger charge is 2.33. The molecule has 0 spiro atoms. The van der Waals surface area contributed by atoms with Gasteiger partial charge in [0.15, 0.2) is 0 Å². The molecule has 0 saturated heterocycles. The Morgan fingerprint density at radius 2 is 1.95 bits per heavy atom. The Labute approximate surface area is 120 Å². The van der Waals surface area contributed by atoms with E-state index in [1.807, 2.05) is 4.72 Å². The molecule has 0 saturated carbocycles. The zero-order chi connectivity index (χ0) is 15.7. The zero-order valence-corrected chi connectivity index (χ0v) is 12.3. The fourth-order valence-corrected chi connectivity index (χ4v) is 2.71. The molecule has 0 heterocycles. The summed E-state index contributed by atoms with van der Waals surface area (Å²) in [7, 11) is -3.97. The van der Waals surface area contributed by atoms with Crippen molar-refractivity contribution in [3.8, 4) is 0 Å². The molecule has 20 heavy (non-hydrogen) atoms. The predicted octanol–water partition coefficient (Wildman–Crippen LogP) is 2.43. The van der Waals surface area contributed by atoms with Crippen LogP contribution in [0.1, 0.15) is 18.1 Å². The molecule has 0 bridgehead atoms. The van der Waals surface area contributed by atoms with Gasteiger partial charge in [0, 0.05) is 5.69 Å². The number of hydrogen-bond acceptors (Lipinski definition) is 3. The number of nitrogens with one attached hydrogen (secondary N) is 1. The van der Waals surface area contributed by atoms with E-state index in [9.17, 15) is 21.6 Å². The number of thiocarbonyl (C=S) groups is 1. The van der Waals surface area contributed by atoms with Gasteiger partial charge in [0.25, 0.3) is 0 Å². The number of nitrogens with two attached hydrogens (primary N) is 1. The summed E-state index contributed by atoms with van der Waals surface area (Å²) in [5.74, 6) is 0. The van der Waals surface area contributed by atoms with Gasteiger partial charge in [-0.05, 0) is 31.5 Å². The van der Waals surface area contributed by atoms with Crippen LogP contribution in [0.2, 0.25) is 0 Å². The standard InChI is InChI=1S/C11H13F3N2O2S2/c1-6-3-4-8(5-9(6)11(12,13)14)16-20(17,18)7(2)10(15)19/h3-5,7,16H,1-2H3,(H2,15,19). The maximum atomic E-state index is 12.7. The number of rotatable bonds is 4. The molecule has 0 aliphatic carbocycles. The molecule has 0 radical (unpaired) electrons. The lowest BCUT2D eigenvalue weighted by molar-refractivity contribution is -0.138. The first-order chi connectivity index (χ1) is 8.95. The zero-order valence-electron chi connectivity index (χ0n) is 10.7. The van der Waals surface area contributed by atoms with E-state index in [0.29, 0.717) is 0 Å². The monoisotopic (exact) mass is 326 g/mol. The number of hydrogen-bond donors (Lipinski definition) is 2. The average Bonchev–Trinajstić information content (AvgIpc) is 2.28. The van der Waals surface area contributed by atoms with Crippen LogP contribution in [0.5, 0.6) is 0 Å². The normalized spacial score (nSPS) is 13.8. The number of aryl methyl sites for hydroxylation is 1. The van der Waals surface area contributed by atoms with E-state index in [1.165, 1.54) is 26.0 Å². The Morgan fingerprint density at radius 1 is 1.40 bits per heavy atom. The summed E-state index contributed by atoms with van der Waals surface area (Å²) in [5, 5.41) is -1.19. The van der Waals surface area contributed by atoms with Crippen molar-refractivity contribution in [2.45, 2.75) is 25.3 Å². The number of anilines is 1. The molecule has 1 atom stereocenters. The van der Waals surface area contributed by atoms with Gasteiger partial charge in [-0.15, -0.1) is 0 Å². The summed E-state index contributed by atoms with van der Waals surface area (Å²) >= 11 is 4.57. The van der Waals surface area contributed by atoms with E-state index in [2.05, 4.69) is 12.2 Å². The van der Waals surface area contributed by atoms with Gasteiger partial charge in [-0.3, -0.25) is 4.72 Å². The van der Waals surface area contributed by atoms with Gasteiger partial charge in [0.2, 0.25) is 10.0 Å². The van der Waals surface area contributed by atoms with Crippen molar-refractivity contribution in [1.29, 1.82) is 0 Å². The Bertz CT molecular complexity index is 627. The molecule has 0 aliphatic heterocycles. The van der Waals surface area contributed by atoms with Gasteiger partial charge in [0.05, 0.1) is 10.6 Å². The van der Waals surface area contributed by atoms with Crippen molar-refractivity contribution in [1.82, 2.24) is 0 Å². The minimum atomic E-state index is -4.56. The summed E-state index contributed by atoms with van der Waals surface area (Å²) in [4.78, 5) is -0.263. The first kappa shape index (κ1) is 16.7. The van der Waals surface area contributed by atoms with Gasteiger partial charge in [0.1, 0.15) is 5.25 Å². The van der Waals surface area contributed by atoms with Crippen LogP contribution in [0, 0.1) is 6.92 Å². The third-order valence-electron chi connectivity index (χ3n) is 2.67. The Kier molecular flexibility index (Phi) is 4.65. The predicted molar refractivity (Wildman–Crippen MR) is 75.0 cm³/mol. The lowest BCUT2D eigenvalue weighted by atomic mass is 10.1. The quantitative estimate of drug-likeness (QED) is 0.834. The summed E-state index contributed by atoms with van der Waals surface area (Å²) in [6.45, 7) is 2.54. The maximum absolute atomic E-state index is 12.7. The van der Waals surface area contributed by atoms with Crippen LogP contribution in [0.25, 0.3) is 0 Å². The Balaban J connectivity index is 3.15. The molecule has 9 heteroatoms. The van der Waals surface area contributed by atoms with Crippen LogP contribution >= 0.6 is 12.2 Å². The van der Waals surface area contributed by atoms with Crippen LogP contribution in [0.15, 0.2) is 18.2 Å². The van der Waals surface area contributed by atoms with Gasteiger partial charge in [-0.1, -0.05) is 18.3 Å². The average molecular weight is 326 g/mol. The number of alkyl halides is 3. The molecule has 0 amide bonds. The molecule has 1 aromatic rings. The third kappa shape index (κ3) is 3.83. The number of benzene rings is 1. The van der Waals surface area contributed by atoms with Crippen molar-refractivity contribution in [2.24, 2.45) is 5.73 Å². The van der Waals surface area contributed by atoms with Crippen molar-refractivity contribution in [3.05, 3.63) is 29.3 Å². The van der Waals surface area contributed by atoms with Crippen LogP contribution in [0.3, 0.4) is 0 Å². The van der Waals surface area contributed by atoms with Crippen LogP contribution in [-0.2, 0) is 16.2 Å². The van der Waals surface area contributed by atoms with Crippen LogP contribution in [-0.4, -0.2) is 18.7 Å². The van der Waals surface area contributed by atoms with E-state index in [0.717, 1.165) is 6.07 Å². The van der Waals surface area contributed by atoms with Crippen molar-refractivity contribution in [3.63, 3.8) is 0 Å². The van der Waals surface area contributed by atoms with Gasteiger partial charge in [-0.25, -0.2) is 8.42 Å². The Hall–Kier alpha value is -1.35. The first-order valence-corrected chi connectivity index (χ1v) is 7.39. The second-order valence-corrected chi connectivity index (χ2v) is 6.69. The second-order valence-electron chi connectivity index (χ2n) is 4.22. The molecule has 1 unspecified atom stereocenters. The topological polar surface area (TPSA) is 72.2 Å². The Morgan fingerprint density at radius 3 is 2.40 bits per heavy atom. The molecule has 1 aromatic carbocycles. The molecular formula is C11H13F3N2O2S2. The molecule has 0 aliphatic rings. The van der Waals surface area contributed by atoms with Crippen molar-refractivity contribution >= 4 is 32.9 Å². The van der Waals surface area contributed by atoms with Gasteiger partial charge in [-0.2, -0.15) is 13.2 Å². The van der Waals surface area contributed by atoms with Crippen molar-refractivity contribution < 1.29 is 21.6 Å². The highest BCUT2D eigenvalue weighted by atomic mass is 32.2. The van der Waals surface area contributed by atoms with Crippen LogP contribution in [0.4, 0.5) is 18.9 Å². The SMILES string of the molecule is Cc1ccc(NS(=O)(=O)C(C)C(N)=S)cc1C(F)(F)F. The minimum absolute atomic E-state index is 0.00263. The number of sulfonamides is 1. The van der Waals surface area contributed by atoms with E-state index < -0.39 is 27.0 Å². The molecule has 112 valence electrons. The molecule has 3 N–H and O–H groups in total. The van der Waals surface area contributed by atoms with E-state index in [4.69, 9.17) is 5.73 Å². The third-order valence-corrected chi connectivity index (χ3v) is 4.88. The first-order valence-electron chi connectivity index (χ1n) is 5.44.